The molecule has 4 atom stereocenters. The number of phenolic OH excluding ortho intramolecular Hbond substituents is 2. The molecule has 1 fully saturated rings. The van der Waals surface area contributed by atoms with E-state index in [2.05, 4.69) is 0 Å². The Morgan fingerprint density at radius 2 is 1.82 bits per heavy atom. The first-order valence-corrected chi connectivity index (χ1v) is 11.5. The maximum absolute atomic E-state index is 13.5. The van der Waals surface area contributed by atoms with Crippen LogP contribution in [-0.4, -0.2) is 47.6 Å². The number of ether oxygens (including phenoxy) is 3. The van der Waals surface area contributed by atoms with Crippen molar-refractivity contribution in [3.05, 3.63) is 51.6 Å². The Hall–Kier alpha value is -3.23. The largest absolute Gasteiger partial charge is 0.507 e. The van der Waals surface area contributed by atoms with Crippen LogP contribution in [0.4, 0.5) is 0 Å². The molecular formula is C26H26O8. The number of hydrogen-bond donors (Lipinski definition) is 2. The lowest BCUT2D eigenvalue weighted by molar-refractivity contribution is -0.216. The van der Waals surface area contributed by atoms with Gasteiger partial charge in [-0.2, -0.15) is 0 Å². The maximum atomic E-state index is 13.5. The number of methoxy groups -OCH3 is 1. The van der Waals surface area contributed by atoms with Gasteiger partial charge in [-0.25, -0.2) is 0 Å². The van der Waals surface area contributed by atoms with Crippen LogP contribution < -0.4 is 4.74 Å². The van der Waals surface area contributed by atoms with E-state index >= 15 is 0 Å². The van der Waals surface area contributed by atoms with Gasteiger partial charge in [-0.3, -0.25) is 9.59 Å². The molecule has 0 spiro atoms. The first kappa shape index (κ1) is 22.6. The van der Waals surface area contributed by atoms with Crippen molar-refractivity contribution in [3.63, 3.8) is 0 Å². The first-order valence-electron chi connectivity index (χ1n) is 11.5. The first-order chi connectivity index (χ1) is 16.3. The number of aldehydes is 1. The van der Waals surface area contributed by atoms with E-state index < -0.39 is 41.4 Å². The summed E-state index contributed by atoms with van der Waals surface area (Å²) in [6.45, 7) is 1.95. The van der Waals surface area contributed by atoms with Crippen molar-refractivity contribution in [2.24, 2.45) is 5.92 Å². The molecule has 0 saturated carbocycles. The van der Waals surface area contributed by atoms with Gasteiger partial charge < -0.3 is 29.2 Å². The lowest BCUT2D eigenvalue weighted by atomic mass is 9.74. The summed E-state index contributed by atoms with van der Waals surface area (Å²) in [7, 11) is 1.39. The van der Waals surface area contributed by atoms with Crippen LogP contribution in [0.15, 0.2) is 18.2 Å². The molecule has 0 aromatic heterocycles. The number of rotatable bonds is 4. The summed E-state index contributed by atoms with van der Waals surface area (Å²) in [5.74, 6) is -2.28. The van der Waals surface area contributed by atoms with Crippen LogP contribution >= 0.6 is 0 Å². The molecule has 0 amide bonds. The molecule has 0 bridgehead atoms. The van der Waals surface area contributed by atoms with Crippen molar-refractivity contribution in [2.75, 3.05) is 7.11 Å². The topological polar surface area (TPSA) is 119 Å². The van der Waals surface area contributed by atoms with Crippen LogP contribution in [-0.2, 0) is 20.7 Å². The van der Waals surface area contributed by atoms with Crippen molar-refractivity contribution in [2.45, 2.75) is 57.5 Å². The zero-order valence-corrected chi connectivity index (χ0v) is 19.0. The Kier molecular flexibility index (Phi) is 5.65. The summed E-state index contributed by atoms with van der Waals surface area (Å²) in [5.41, 5.74) is 0.0908. The third kappa shape index (κ3) is 3.40. The van der Waals surface area contributed by atoms with E-state index in [0.29, 0.717) is 6.42 Å². The quantitative estimate of drug-likeness (QED) is 0.442. The summed E-state index contributed by atoms with van der Waals surface area (Å²) in [6.07, 6.45) is 2.34. The second kappa shape index (κ2) is 8.52. The van der Waals surface area contributed by atoms with E-state index in [9.17, 15) is 24.6 Å². The zero-order valence-electron chi connectivity index (χ0n) is 19.0. The predicted octanol–water partition coefficient (Wildman–Crippen LogP) is 3.62. The average Bonchev–Trinajstić information content (AvgIpc) is 2.83. The number of carbonyl (C=O) groups is 3. The van der Waals surface area contributed by atoms with Crippen molar-refractivity contribution in [1.29, 1.82) is 0 Å². The van der Waals surface area contributed by atoms with Gasteiger partial charge in [0.1, 0.15) is 23.5 Å². The van der Waals surface area contributed by atoms with E-state index in [1.807, 2.05) is 6.92 Å². The molecule has 1 saturated heterocycles. The van der Waals surface area contributed by atoms with Crippen molar-refractivity contribution in [1.82, 2.24) is 0 Å². The fraction of sp³-hybridized carbons (Fsp3) is 0.423. The number of benzene rings is 2. The Balaban J connectivity index is 1.67. The number of phenols is 2. The van der Waals surface area contributed by atoms with E-state index in [-0.39, 0.29) is 58.1 Å². The Morgan fingerprint density at radius 1 is 1.06 bits per heavy atom. The fourth-order valence-electron chi connectivity index (χ4n) is 5.39. The number of aromatic hydroxyl groups is 2. The Morgan fingerprint density at radius 3 is 2.53 bits per heavy atom. The molecule has 1 aliphatic heterocycles. The third-order valence-corrected chi connectivity index (χ3v) is 7.01. The van der Waals surface area contributed by atoms with Crippen LogP contribution in [0.5, 0.6) is 17.2 Å². The standard InChI is InChI=1S/C26H26O8/c1-12-5-3-8-18(33-12)34-17-10-13(11-27)9-15-20(17)26(31)22-21(24(15)29)23(28)14-6-4-7-16(32-2)19(14)25(22)30/h4,6-7,11-13,17-18,29,31H,3,5,8-10H2,1-2H3. The minimum atomic E-state index is -0.785. The summed E-state index contributed by atoms with van der Waals surface area (Å²) in [6, 6.07) is 4.63. The smallest absolute Gasteiger partial charge is 0.202 e. The molecule has 3 aliphatic rings. The summed E-state index contributed by atoms with van der Waals surface area (Å²) in [4.78, 5) is 38.6. The zero-order chi connectivity index (χ0) is 24.1. The van der Waals surface area contributed by atoms with Gasteiger partial charge in [-0.1, -0.05) is 12.1 Å². The molecule has 8 nitrogen and oxygen atoms in total. The third-order valence-electron chi connectivity index (χ3n) is 7.01. The van der Waals surface area contributed by atoms with Gasteiger partial charge in [0, 0.05) is 22.6 Å². The van der Waals surface area contributed by atoms with Gasteiger partial charge in [0.25, 0.3) is 0 Å². The molecule has 1 heterocycles. The minimum absolute atomic E-state index is 0.0115. The van der Waals surface area contributed by atoms with E-state index in [4.69, 9.17) is 14.2 Å². The molecular weight excluding hydrogens is 440 g/mol. The lowest BCUT2D eigenvalue weighted by Crippen LogP contribution is -2.32. The Labute approximate surface area is 196 Å². The molecule has 2 aromatic carbocycles. The minimum Gasteiger partial charge on any atom is -0.507 e. The molecule has 2 N–H and O–H groups in total. The van der Waals surface area contributed by atoms with E-state index in [0.717, 1.165) is 19.1 Å². The van der Waals surface area contributed by atoms with Crippen LogP contribution in [0.3, 0.4) is 0 Å². The van der Waals surface area contributed by atoms with E-state index in [1.54, 1.807) is 12.1 Å². The SMILES string of the molecule is COc1cccc2c1C(=O)c1c(O)c3c(c(O)c1C2=O)CC(C=O)CC3OC1CCCC(C)O1. The van der Waals surface area contributed by atoms with Gasteiger partial charge in [-0.15, -0.1) is 0 Å². The highest BCUT2D eigenvalue weighted by atomic mass is 16.7. The normalized spacial score (nSPS) is 25.8. The summed E-state index contributed by atoms with van der Waals surface area (Å²) >= 11 is 0. The number of hydrogen-bond acceptors (Lipinski definition) is 8. The fourth-order valence-corrected chi connectivity index (χ4v) is 5.39. The van der Waals surface area contributed by atoms with Crippen molar-refractivity contribution < 1.29 is 38.8 Å². The molecule has 4 unspecified atom stereocenters. The van der Waals surface area contributed by atoms with Crippen molar-refractivity contribution >= 4 is 17.9 Å². The lowest BCUT2D eigenvalue weighted by Gasteiger charge is -2.36. The van der Waals surface area contributed by atoms with Gasteiger partial charge >= 0.3 is 0 Å². The van der Waals surface area contributed by atoms with Gasteiger partial charge in [0.2, 0.25) is 5.78 Å². The monoisotopic (exact) mass is 466 g/mol. The van der Waals surface area contributed by atoms with Gasteiger partial charge in [-0.05, 0) is 45.1 Å². The molecule has 34 heavy (non-hydrogen) atoms. The maximum Gasteiger partial charge on any atom is 0.202 e. The molecule has 8 heteroatoms. The average molecular weight is 466 g/mol. The van der Waals surface area contributed by atoms with Crippen LogP contribution in [0, 0.1) is 5.92 Å². The highest BCUT2D eigenvalue weighted by molar-refractivity contribution is 6.31. The number of carbonyl (C=O) groups excluding carboxylic acids is 3. The van der Waals surface area contributed by atoms with Gasteiger partial charge in [0.15, 0.2) is 12.1 Å². The number of fused-ring (bicyclic) bond motifs is 3. The summed E-state index contributed by atoms with van der Waals surface area (Å²) < 4.78 is 17.4. The molecule has 2 aromatic rings. The Bertz CT molecular complexity index is 1200. The highest BCUT2D eigenvalue weighted by Gasteiger charge is 2.43. The van der Waals surface area contributed by atoms with Gasteiger partial charge in [0.05, 0.1) is 36.0 Å². The molecule has 0 radical (unpaired) electrons. The molecule has 2 aliphatic carbocycles. The molecule has 5 rings (SSSR count). The van der Waals surface area contributed by atoms with Crippen LogP contribution in [0.1, 0.15) is 81.7 Å². The van der Waals surface area contributed by atoms with Crippen LogP contribution in [0.2, 0.25) is 0 Å². The predicted molar refractivity (Wildman–Crippen MR) is 120 cm³/mol. The van der Waals surface area contributed by atoms with E-state index in [1.165, 1.54) is 13.2 Å². The highest BCUT2D eigenvalue weighted by Crippen LogP contribution is 2.51. The number of ketones is 2. The second-order valence-corrected chi connectivity index (χ2v) is 9.15. The van der Waals surface area contributed by atoms with Crippen molar-refractivity contribution in [3.8, 4) is 17.2 Å². The van der Waals surface area contributed by atoms with Crippen LogP contribution in [0.25, 0.3) is 0 Å². The molecule has 178 valence electrons. The second-order valence-electron chi connectivity index (χ2n) is 9.15. The summed E-state index contributed by atoms with van der Waals surface area (Å²) in [5, 5.41) is 22.6.